The normalized spacial score (nSPS) is 10.6. The zero-order chi connectivity index (χ0) is 14.4. The van der Waals surface area contributed by atoms with E-state index in [1.54, 1.807) is 0 Å². The molecule has 19 heavy (non-hydrogen) atoms. The third kappa shape index (κ3) is 5.16. The van der Waals surface area contributed by atoms with E-state index in [1.165, 1.54) is 5.57 Å². The summed E-state index contributed by atoms with van der Waals surface area (Å²) in [6.45, 7) is 8.85. The first-order valence-electron chi connectivity index (χ1n) is 6.48. The molecule has 0 aliphatic carbocycles. The lowest BCUT2D eigenvalue weighted by atomic mass is 10.1. The molecule has 0 bridgehead atoms. The Morgan fingerprint density at radius 3 is 2.47 bits per heavy atom. The van der Waals surface area contributed by atoms with E-state index in [9.17, 15) is 0 Å². The number of nitrogens with zero attached hydrogens (tertiary/aromatic N) is 2. The minimum absolute atomic E-state index is 0.614. The van der Waals surface area contributed by atoms with Crippen molar-refractivity contribution in [3.8, 4) is 5.75 Å². The van der Waals surface area contributed by atoms with Crippen LogP contribution in [0.15, 0.2) is 28.8 Å². The van der Waals surface area contributed by atoms with E-state index in [-0.39, 0.29) is 0 Å². The van der Waals surface area contributed by atoms with Crippen molar-refractivity contribution < 1.29 is 4.74 Å². The summed E-state index contributed by atoms with van der Waals surface area (Å²) < 4.78 is 5.77. The van der Waals surface area contributed by atoms with Gasteiger partial charge in [-0.3, -0.25) is 0 Å². The Morgan fingerprint density at radius 1 is 1.21 bits per heavy atom. The summed E-state index contributed by atoms with van der Waals surface area (Å²) in [7, 11) is 3.92. The Morgan fingerprint density at radius 2 is 1.89 bits per heavy atom. The molecule has 104 valence electrons. The molecule has 1 rings (SSSR count). The summed E-state index contributed by atoms with van der Waals surface area (Å²) in [5.74, 6) is 0.929. The van der Waals surface area contributed by atoms with Crippen molar-refractivity contribution in [2.24, 2.45) is 4.99 Å². The monoisotopic (exact) mass is 260 g/mol. The van der Waals surface area contributed by atoms with Crippen molar-refractivity contribution in [3.05, 3.63) is 34.9 Å². The second-order valence-electron chi connectivity index (χ2n) is 5.20. The van der Waals surface area contributed by atoms with Crippen molar-refractivity contribution in [1.29, 1.82) is 0 Å². The molecular weight excluding hydrogens is 236 g/mol. The predicted molar refractivity (Wildman–Crippen MR) is 82.7 cm³/mol. The molecule has 0 unspecified atom stereocenters. The highest BCUT2D eigenvalue weighted by molar-refractivity contribution is 5.64. The van der Waals surface area contributed by atoms with E-state index in [4.69, 9.17) is 4.74 Å². The van der Waals surface area contributed by atoms with Gasteiger partial charge in [-0.15, -0.1) is 0 Å². The van der Waals surface area contributed by atoms with Crippen LogP contribution in [0.25, 0.3) is 0 Å². The van der Waals surface area contributed by atoms with Crippen LogP contribution in [0.4, 0.5) is 5.69 Å². The quantitative estimate of drug-likeness (QED) is 0.456. The number of hydrogen-bond acceptors (Lipinski definition) is 2. The Balaban J connectivity index is 2.87. The van der Waals surface area contributed by atoms with E-state index in [0.717, 1.165) is 22.6 Å². The zero-order valence-corrected chi connectivity index (χ0v) is 12.8. The molecule has 0 saturated heterocycles. The third-order valence-electron chi connectivity index (χ3n) is 2.65. The van der Waals surface area contributed by atoms with E-state index in [1.807, 2.05) is 32.3 Å². The van der Waals surface area contributed by atoms with Gasteiger partial charge in [-0.2, -0.15) is 0 Å². The number of rotatable bonds is 5. The summed E-state index contributed by atoms with van der Waals surface area (Å²) in [4.78, 5) is 6.37. The van der Waals surface area contributed by atoms with Gasteiger partial charge < -0.3 is 9.64 Å². The Hall–Kier alpha value is -1.77. The number of aryl methyl sites for hydroxylation is 2. The molecule has 0 fully saturated rings. The standard InChI is InChI=1S/C16H24N2O/c1-12(2)7-8-19-16-10-13(3)15(9-14(16)4)17-11-18(5)6/h7,9-11H,8H2,1-6H3. The van der Waals surface area contributed by atoms with Crippen LogP contribution in [0.1, 0.15) is 25.0 Å². The van der Waals surface area contributed by atoms with Crippen molar-refractivity contribution in [3.63, 3.8) is 0 Å². The highest BCUT2D eigenvalue weighted by atomic mass is 16.5. The largest absolute Gasteiger partial charge is 0.489 e. The second kappa shape index (κ2) is 6.98. The van der Waals surface area contributed by atoms with Gasteiger partial charge in [-0.05, 0) is 57.0 Å². The smallest absolute Gasteiger partial charge is 0.123 e. The summed E-state index contributed by atoms with van der Waals surface area (Å²) in [6.07, 6.45) is 3.89. The predicted octanol–water partition coefficient (Wildman–Crippen LogP) is 3.87. The number of benzene rings is 1. The summed E-state index contributed by atoms with van der Waals surface area (Å²) in [5, 5.41) is 0. The first-order valence-corrected chi connectivity index (χ1v) is 6.48. The van der Waals surface area contributed by atoms with Gasteiger partial charge in [0, 0.05) is 14.1 Å². The van der Waals surface area contributed by atoms with Gasteiger partial charge >= 0.3 is 0 Å². The second-order valence-corrected chi connectivity index (χ2v) is 5.20. The molecule has 0 aliphatic heterocycles. The van der Waals surface area contributed by atoms with Gasteiger partial charge in [-0.25, -0.2) is 4.99 Å². The maximum atomic E-state index is 5.77. The van der Waals surface area contributed by atoms with Gasteiger partial charge in [-0.1, -0.05) is 5.57 Å². The average Bonchev–Trinajstić information content (AvgIpc) is 2.30. The third-order valence-corrected chi connectivity index (χ3v) is 2.65. The topological polar surface area (TPSA) is 24.8 Å². The van der Waals surface area contributed by atoms with Crippen LogP contribution in [0.5, 0.6) is 5.75 Å². The maximum Gasteiger partial charge on any atom is 0.123 e. The molecule has 3 heteroatoms. The first-order chi connectivity index (χ1) is 8.90. The highest BCUT2D eigenvalue weighted by Gasteiger charge is 2.04. The Bertz CT molecular complexity index is 484. The molecule has 0 N–H and O–H groups in total. The fourth-order valence-corrected chi connectivity index (χ4v) is 1.54. The van der Waals surface area contributed by atoms with Crippen LogP contribution in [0.2, 0.25) is 0 Å². The zero-order valence-electron chi connectivity index (χ0n) is 12.8. The molecule has 3 nitrogen and oxygen atoms in total. The van der Waals surface area contributed by atoms with Gasteiger partial charge in [0.15, 0.2) is 0 Å². The van der Waals surface area contributed by atoms with Crippen LogP contribution < -0.4 is 4.74 Å². The minimum Gasteiger partial charge on any atom is -0.489 e. The van der Waals surface area contributed by atoms with Gasteiger partial charge in [0.05, 0.1) is 12.0 Å². The van der Waals surface area contributed by atoms with Crippen molar-refractivity contribution in [1.82, 2.24) is 4.90 Å². The fourth-order valence-electron chi connectivity index (χ4n) is 1.54. The minimum atomic E-state index is 0.614. The molecule has 0 aromatic heterocycles. The molecule has 0 heterocycles. The number of hydrogen-bond donors (Lipinski definition) is 0. The van der Waals surface area contributed by atoms with Gasteiger partial charge in [0.2, 0.25) is 0 Å². The van der Waals surface area contributed by atoms with Crippen LogP contribution in [0.3, 0.4) is 0 Å². The van der Waals surface area contributed by atoms with Crippen LogP contribution >= 0.6 is 0 Å². The lowest BCUT2D eigenvalue weighted by molar-refractivity contribution is 0.359. The van der Waals surface area contributed by atoms with E-state index in [0.29, 0.717) is 6.61 Å². The van der Waals surface area contributed by atoms with Gasteiger partial charge in [0.25, 0.3) is 0 Å². The summed E-state index contributed by atoms with van der Waals surface area (Å²) in [5.41, 5.74) is 4.48. The van der Waals surface area contributed by atoms with Crippen molar-refractivity contribution >= 4 is 12.0 Å². The average molecular weight is 260 g/mol. The molecule has 0 amide bonds. The van der Waals surface area contributed by atoms with E-state index in [2.05, 4.69) is 44.0 Å². The first kappa shape index (κ1) is 15.3. The lowest BCUT2D eigenvalue weighted by Crippen LogP contribution is -2.07. The molecule has 1 aromatic rings. The van der Waals surface area contributed by atoms with Crippen molar-refractivity contribution in [2.75, 3.05) is 20.7 Å². The number of aliphatic imine (C=N–C) groups is 1. The molecule has 0 aliphatic rings. The number of allylic oxidation sites excluding steroid dienone is 1. The Labute approximate surface area is 116 Å². The lowest BCUT2D eigenvalue weighted by Gasteiger charge is -2.11. The van der Waals surface area contributed by atoms with Crippen LogP contribution in [-0.4, -0.2) is 31.9 Å². The van der Waals surface area contributed by atoms with Crippen molar-refractivity contribution in [2.45, 2.75) is 27.7 Å². The molecule has 0 radical (unpaired) electrons. The molecule has 0 spiro atoms. The fraction of sp³-hybridized carbons (Fsp3) is 0.438. The molecule has 1 aromatic carbocycles. The van der Waals surface area contributed by atoms with E-state index >= 15 is 0 Å². The summed E-state index contributed by atoms with van der Waals surface area (Å²) >= 11 is 0. The molecule has 0 atom stereocenters. The van der Waals surface area contributed by atoms with Crippen LogP contribution in [0, 0.1) is 13.8 Å². The molecule has 0 saturated carbocycles. The molecular formula is C16H24N2O. The number of ether oxygens (including phenoxy) is 1. The van der Waals surface area contributed by atoms with Gasteiger partial charge in [0.1, 0.15) is 12.4 Å². The maximum absolute atomic E-state index is 5.77. The van der Waals surface area contributed by atoms with Crippen LogP contribution in [-0.2, 0) is 0 Å². The SMILES string of the molecule is CC(C)=CCOc1cc(C)c(N=CN(C)C)cc1C. The highest BCUT2D eigenvalue weighted by Crippen LogP contribution is 2.28. The summed E-state index contributed by atoms with van der Waals surface area (Å²) in [6, 6.07) is 4.11. The van der Waals surface area contributed by atoms with E-state index < -0.39 is 0 Å². The Kier molecular flexibility index (Phi) is 5.61.